The minimum atomic E-state index is -1.33. The van der Waals surface area contributed by atoms with Gasteiger partial charge >= 0.3 is 5.97 Å². The lowest BCUT2D eigenvalue weighted by Crippen LogP contribution is -2.44. The zero-order valence-corrected chi connectivity index (χ0v) is 11.5. The summed E-state index contributed by atoms with van der Waals surface area (Å²) in [5.41, 5.74) is -1.05. The van der Waals surface area contributed by atoms with Crippen LogP contribution in [0.4, 0.5) is 0 Å². The van der Waals surface area contributed by atoms with Gasteiger partial charge in [0, 0.05) is 25.3 Å². The Morgan fingerprint density at radius 3 is 2.65 bits per heavy atom. The van der Waals surface area contributed by atoms with Gasteiger partial charge in [0.1, 0.15) is 5.56 Å². The number of aromatic nitrogens is 1. The van der Waals surface area contributed by atoms with E-state index >= 15 is 0 Å². The van der Waals surface area contributed by atoms with Crippen LogP contribution in [0.25, 0.3) is 0 Å². The lowest BCUT2D eigenvalue weighted by molar-refractivity contribution is 0.0658. The lowest BCUT2D eigenvalue weighted by Gasteiger charge is -2.34. The van der Waals surface area contributed by atoms with E-state index < -0.39 is 17.0 Å². The molecule has 20 heavy (non-hydrogen) atoms. The maximum atomic E-state index is 12.3. The SMILES string of the molecule is CCN1C[C@H](C)n2cc(C(=O)O)c(=O)c(OC)c2C1=O. The van der Waals surface area contributed by atoms with Crippen molar-refractivity contribution in [2.24, 2.45) is 0 Å². The van der Waals surface area contributed by atoms with Crippen molar-refractivity contribution in [2.45, 2.75) is 19.9 Å². The van der Waals surface area contributed by atoms with E-state index in [0.717, 1.165) is 0 Å². The highest BCUT2D eigenvalue weighted by molar-refractivity contribution is 5.97. The Kier molecular flexibility index (Phi) is 3.52. The van der Waals surface area contributed by atoms with Gasteiger partial charge in [0.25, 0.3) is 5.91 Å². The molecule has 1 aromatic rings. The maximum absolute atomic E-state index is 12.3. The topological polar surface area (TPSA) is 88.8 Å². The molecule has 1 aromatic heterocycles. The number of likely N-dealkylation sites (N-methyl/N-ethyl adjacent to an activating group) is 1. The molecule has 108 valence electrons. The number of carbonyl (C=O) groups excluding carboxylic acids is 1. The van der Waals surface area contributed by atoms with Crippen molar-refractivity contribution in [3.05, 3.63) is 27.7 Å². The first-order valence-corrected chi connectivity index (χ1v) is 6.28. The van der Waals surface area contributed by atoms with Gasteiger partial charge in [-0.1, -0.05) is 0 Å². The van der Waals surface area contributed by atoms with Crippen LogP contribution in [-0.2, 0) is 0 Å². The number of ether oxygens (including phenoxy) is 1. The van der Waals surface area contributed by atoms with Crippen LogP contribution in [-0.4, -0.2) is 46.6 Å². The number of rotatable bonds is 3. The van der Waals surface area contributed by atoms with Gasteiger partial charge in [-0.25, -0.2) is 4.79 Å². The van der Waals surface area contributed by atoms with Crippen LogP contribution < -0.4 is 10.2 Å². The van der Waals surface area contributed by atoms with Crippen molar-refractivity contribution in [3.8, 4) is 5.75 Å². The largest absolute Gasteiger partial charge is 0.491 e. The molecule has 0 aliphatic carbocycles. The average molecular weight is 280 g/mol. The molecule has 1 N–H and O–H groups in total. The van der Waals surface area contributed by atoms with E-state index in [4.69, 9.17) is 9.84 Å². The lowest BCUT2D eigenvalue weighted by atomic mass is 10.1. The molecular formula is C13H16N2O5. The van der Waals surface area contributed by atoms with Gasteiger partial charge in [-0.2, -0.15) is 0 Å². The Bertz CT molecular complexity index is 634. The Hall–Kier alpha value is -2.31. The molecule has 0 saturated heterocycles. The first kappa shape index (κ1) is 14.1. The van der Waals surface area contributed by atoms with Gasteiger partial charge in [-0.15, -0.1) is 0 Å². The first-order chi connectivity index (χ1) is 9.42. The molecule has 7 nitrogen and oxygen atoms in total. The molecule has 1 atom stereocenters. The van der Waals surface area contributed by atoms with Crippen molar-refractivity contribution in [3.63, 3.8) is 0 Å². The fraction of sp³-hybridized carbons (Fsp3) is 0.462. The number of methoxy groups -OCH3 is 1. The summed E-state index contributed by atoms with van der Waals surface area (Å²) < 4.78 is 6.51. The Morgan fingerprint density at radius 2 is 2.15 bits per heavy atom. The number of aromatic carboxylic acids is 1. The molecular weight excluding hydrogens is 264 g/mol. The standard InChI is InChI=1S/C13H16N2O5/c1-4-14-5-7(2)15-6-8(13(18)19)10(16)11(20-3)9(15)12(14)17/h6-7H,4-5H2,1-3H3,(H,18,19)/t7-/m0/s1. The van der Waals surface area contributed by atoms with Gasteiger partial charge in [0.2, 0.25) is 5.43 Å². The van der Waals surface area contributed by atoms with Gasteiger partial charge < -0.3 is 19.3 Å². The summed E-state index contributed by atoms with van der Waals surface area (Å²) >= 11 is 0. The van der Waals surface area contributed by atoms with Crippen LogP contribution in [0.2, 0.25) is 0 Å². The number of carboxylic acids is 1. The van der Waals surface area contributed by atoms with Crippen LogP contribution in [0, 0.1) is 0 Å². The molecule has 0 saturated carbocycles. The predicted molar refractivity (Wildman–Crippen MR) is 70.5 cm³/mol. The van der Waals surface area contributed by atoms with Crippen molar-refractivity contribution in [1.29, 1.82) is 0 Å². The molecule has 7 heteroatoms. The summed E-state index contributed by atoms with van der Waals surface area (Å²) in [5, 5.41) is 9.07. The van der Waals surface area contributed by atoms with Crippen molar-refractivity contribution < 1.29 is 19.4 Å². The van der Waals surface area contributed by atoms with Crippen LogP contribution >= 0.6 is 0 Å². The maximum Gasteiger partial charge on any atom is 0.341 e. The van der Waals surface area contributed by atoms with Crippen LogP contribution in [0.1, 0.15) is 40.7 Å². The van der Waals surface area contributed by atoms with E-state index in [-0.39, 0.29) is 23.4 Å². The van der Waals surface area contributed by atoms with E-state index in [1.54, 1.807) is 4.90 Å². The third-order valence-corrected chi connectivity index (χ3v) is 3.46. The van der Waals surface area contributed by atoms with Gasteiger partial charge in [-0.05, 0) is 13.8 Å². The molecule has 1 aliphatic rings. The third kappa shape index (κ3) is 1.95. The highest BCUT2D eigenvalue weighted by Gasteiger charge is 2.33. The van der Waals surface area contributed by atoms with Crippen LogP contribution in [0.5, 0.6) is 5.75 Å². The molecule has 2 rings (SSSR count). The summed E-state index contributed by atoms with van der Waals surface area (Å²) in [6, 6.07) is -0.129. The zero-order chi connectivity index (χ0) is 15.0. The Labute approximate surface area is 115 Å². The summed E-state index contributed by atoms with van der Waals surface area (Å²) in [6.07, 6.45) is 1.22. The number of nitrogens with zero attached hydrogens (tertiary/aromatic N) is 2. The molecule has 0 radical (unpaired) electrons. The van der Waals surface area contributed by atoms with Crippen molar-refractivity contribution >= 4 is 11.9 Å². The molecule has 1 amide bonds. The normalized spacial score (nSPS) is 17.9. The molecule has 1 aliphatic heterocycles. The number of fused-ring (bicyclic) bond motifs is 1. The second-order valence-corrected chi connectivity index (χ2v) is 4.66. The number of hydrogen-bond acceptors (Lipinski definition) is 4. The van der Waals surface area contributed by atoms with Crippen LogP contribution in [0.3, 0.4) is 0 Å². The van der Waals surface area contributed by atoms with E-state index in [0.29, 0.717) is 13.1 Å². The highest BCUT2D eigenvalue weighted by Crippen LogP contribution is 2.26. The third-order valence-electron chi connectivity index (χ3n) is 3.46. The van der Waals surface area contributed by atoms with Gasteiger partial charge in [0.05, 0.1) is 7.11 Å². The fourth-order valence-electron chi connectivity index (χ4n) is 2.42. The van der Waals surface area contributed by atoms with Crippen LogP contribution in [0.15, 0.2) is 11.0 Å². The summed E-state index contributed by atoms with van der Waals surface area (Å²) in [7, 11) is 1.26. The molecule has 0 spiro atoms. The van der Waals surface area contributed by atoms with E-state index in [1.807, 2.05) is 13.8 Å². The van der Waals surface area contributed by atoms with Crippen molar-refractivity contribution in [1.82, 2.24) is 9.47 Å². The van der Waals surface area contributed by atoms with Gasteiger partial charge in [0.15, 0.2) is 11.4 Å². The minimum absolute atomic E-state index is 0.114. The molecule has 0 aromatic carbocycles. The zero-order valence-electron chi connectivity index (χ0n) is 11.5. The average Bonchev–Trinajstić information content (AvgIpc) is 2.41. The minimum Gasteiger partial charge on any atom is -0.491 e. The quantitative estimate of drug-likeness (QED) is 0.875. The van der Waals surface area contributed by atoms with Gasteiger partial charge in [-0.3, -0.25) is 9.59 Å². The van der Waals surface area contributed by atoms with E-state index in [9.17, 15) is 14.4 Å². The molecule has 0 bridgehead atoms. The number of amides is 1. The number of hydrogen-bond donors (Lipinski definition) is 1. The number of carbonyl (C=O) groups is 2. The Balaban J connectivity index is 2.78. The summed E-state index contributed by atoms with van der Waals surface area (Å²) in [5.74, 6) is -1.86. The highest BCUT2D eigenvalue weighted by atomic mass is 16.5. The molecule has 0 unspecified atom stereocenters. The van der Waals surface area contributed by atoms with Crippen molar-refractivity contribution in [2.75, 3.05) is 20.2 Å². The monoisotopic (exact) mass is 280 g/mol. The second kappa shape index (κ2) is 4.99. The summed E-state index contributed by atoms with van der Waals surface area (Å²) in [6.45, 7) is 4.68. The molecule has 0 fully saturated rings. The second-order valence-electron chi connectivity index (χ2n) is 4.66. The fourth-order valence-corrected chi connectivity index (χ4v) is 2.42. The molecule has 2 heterocycles. The van der Waals surface area contributed by atoms with E-state index in [1.165, 1.54) is 17.9 Å². The Morgan fingerprint density at radius 1 is 1.50 bits per heavy atom. The number of carboxylic acid groups (broad SMARTS) is 1. The smallest absolute Gasteiger partial charge is 0.341 e. The predicted octanol–water partition coefficient (Wildman–Crippen LogP) is 0.592. The first-order valence-electron chi connectivity index (χ1n) is 6.28. The van der Waals surface area contributed by atoms with E-state index in [2.05, 4.69) is 0 Å². The summed E-state index contributed by atoms with van der Waals surface area (Å²) in [4.78, 5) is 37.1. The number of pyridine rings is 1.